The molecule has 1 fully saturated rings. The van der Waals surface area contributed by atoms with Crippen LogP contribution in [-0.4, -0.2) is 18.5 Å². The van der Waals surface area contributed by atoms with Crippen molar-refractivity contribution in [2.75, 3.05) is 6.54 Å². The van der Waals surface area contributed by atoms with Gasteiger partial charge in [0, 0.05) is 6.54 Å². The smallest absolute Gasteiger partial charge is 0.237 e. The van der Waals surface area contributed by atoms with Gasteiger partial charge in [0.1, 0.15) is 0 Å². The zero-order chi connectivity index (χ0) is 13.1. The molecule has 0 heterocycles. The fraction of sp³-hybridized carbons (Fsp3) is 0.929. The lowest BCUT2D eigenvalue weighted by Crippen LogP contribution is -2.49. The van der Waals surface area contributed by atoms with Gasteiger partial charge in [-0.15, -0.1) is 0 Å². The maximum Gasteiger partial charge on any atom is 0.237 e. The molecule has 0 aliphatic heterocycles. The van der Waals surface area contributed by atoms with Crippen LogP contribution >= 0.6 is 0 Å². The lowest BCUT2D eigenvalue weighted by atomic mass is 9.82. The van der Waals surface area contributed by atoms with Gasteiger partial charge in [-0.05, 0) is 30.1 Å². The summed E-state index contributed by atoms with van der Waals surface area (Å²) in [5.74, 6) is 1.51. The third-order valence-electron chi connectivity index (χ3n) is 3.92. The van der Waals surface area contributed by atoms with E-state index in [0.29, 0.717) is 5.92 Å². The van der Waals surface area contributed by atoms with E-state index in [-0.39, 0.29) is 11.3 Å². The quantitative estimate of drug-likeness (QED) is 0.795. The van der Waals surface area contributed by atoms with Crippen molar-refractivity contribution in [3.8, 4) is 0 Å². The Hall–Kier alpha value is -0.570. The van der Waals surface area contributed by atoms with Crippen LogP contribution in [0.3, 0.4) is 0 Å². The SMILES string of the molecule is CC1CCC(CNC(=O)C(N)C(C)(C)C)CC1. The number of rotatable bonds is 3. The minimum Gasteiger partial charge on any atom is -0.354 e. The first kappa shape index (κ1) is 14.5. The largest absolute Gasteiger partial charge is 0.354 e. The monoisotopic (exact) mass is 240 g/mol. The molecule has 17 heavy (non-hydrogen) atoms. The van der Waals surface area contributed by atoms with Gasteiger partial charge in [-0.2, -0.15) is 0 Å². The minimum absolute atomic E-state index is 0.00359. The van der Waals surface area contributed by atoms with Gasteiger partial charge < -0.3 is 11.1 Å². The van der Waals surface area contributed by atoms with Gasteiger partial charge in [0.25, 0.3) is 0 Å². The van der Waals surface area contributed by atoms with Crippen LogP contribution in [-0.2, 0) is 4.79 Å². The first-order valence-electron chi connectivity index (χ1n) is 6.84. The maximum absolute atomic E-state index is 11.9. The minimum atomic E-state index is -0.412. The third-order valence-corrected chi connectivity index (χ3v) is 3.92. The van der Waals surface area contributed by atoms with Crippen LogP contribution in [0.5, 0.6) is 0 Å². The summed E-state index contributed by atoms with van der Waals surface area (Å²) in [6, 6.07) is -0.412. The molecule has 1 aliphatic carbocycles. The maximum atomic E-state index is 11.9. The van der Waals surface area contributed by atoms with Crippen molar-refractivity contribution < 1.29 is 4.79 Å². The Labute approximate surface area is 106 Å². The van der Waals surface area contributed by atoms with E-state index in [4.69, 9.17) is 5.73 Å². The van der Waals surface area contributed by atoms with Crippen molar-refractivity contribution >= 4 is 5.91 Å². The van der Waals surface area contributed by atoms with Crippen LogP contribution in [0.15, 0.2) is 0 Å². The molecule has 1 amide bonds. The van der Waals surface area contributed by atoms with Gasteiger partial charge in [-0.1, -0.05) is 40.5 Å². The van der Waals surface area contributed by atoms with Crippen molar-refractivity contribution in [1.29, 1.82) is 0 Å². The van der Waals surface area contributed by atoms with Crippen molar-refractivity contribution in [2.45, 2.75) is 59.4 Å². The molecule has 0 aromatic rings. The van der Waals surface area contributed by atoms with E-state index in [1.807, 2.05) is 20.8 Å². The number of nitrogens with one attached hydrogen (secondary N) is 1. The molecule has 3 heteroatoms. The van der Waals surface area contributed by atoms with Gasteiger partial charge >= 0.3 is 0 Å². The molecule has 100 valence electrons. The molecule has 1 atom stereocenters. The number of amides is 1. The summed E-state index contributed by atoms with van der Waals surface area (Å²) < 4.78 is 0. The van der Waals surface area contributed by atoms with Gasteiger partial charge in [0.05, 0.1) is 6.04 Å². The summed E-state index contributed by atoms with van der Waals surface area (Å²) in [4.78, 5) is 11.9. The predicted molar refractivity (Wildman–Crippen MR) is 71.6 cm³/mol. The van der Waals surface area contributed by atoms with Crippen LogP contribution in [0, 0.1) is 17.3 Å². The summed E-state index contributed by atoms with van der Waals surface area (Å²) in [6.45, 7) is 9.11. The summed E-state index contributed by atoms with van der Waals surface area (Å²) in [5.41, 5.74) is 5.76. The molecule has 0 spiro atoms. The van der Waals surface area contributed by atoms with Gasteiger partial charge in [-0.25, -0.2) is 0 Å². The van der Waals surface area contributed by atoms with Crippen molar-refractivity contribution in [1.82, 2.24) is 5.32 Å². The highest BCUT2D eigenvalue weighted by molar-refractivity contribution is 5.82. The van der Waals surface area contributed by atoms with Crippen molar-refractivity contribution in [3.63, 3.8) is 0 Å². The van der Waals surface area contributed by atoms with Crippen molar-refractivity contribution in [3.05, 3.63) is 0 Å². The first-order valence-corrected chi connectivity index (χ1v) is 6.84. The Kier molecular flexibility index (Phi) is 4.99. The molecule has 3 N–H and O–H groups in total. The molecule has 1 unspecified atom stereocenters. The van der Waals surface area contributed by atoms with Crippen LogP contribution in [0.4, 0.5) is 0 Å². The van der Waals surface area contributed by atoms with E-state index in [9.17, 15) is 4.79 Å². The lowest BCUT2D eigenvalue weighted by molar-refractivity contribution is -0.124. The predicted octanol–water partition coefficient (Wildman–Crippen LogP) is 2.30. The Morgan fingerprint density at radius 3 is 2.29 bits per heavy atom. The molecular weight excluding hydrogens is 212 g/mol. The highest BCUT2D eigenvalue weighted by Crippen LogP contribution is 2.27. The van der Waals surface area contributed by atoms with E-state index in [0.717, 1.165) is 12.5 Å². The van der Waals surface area contributed by atoms with E-state index in [2.05, 4.69) is 12.2 Å². The molecular formula is C14H28N2O. The van der Waals surface area contributed by atoms with Crippen LogP contribution in [0.25, 0.3) is 0 Å². The molecule has 0 bridgehead atoms. The average Bonchev–Trinajstić information content (AvgIpc) is 2.25. The second kappa shape index (κ2) is 5.85. The molecule has 3 nitrogen and oxygen atoms in total. The third kappa shape index (κ3) is 4.66. The topological polar surface area (TPSA) is 55.1 Å². The van der Waals surface area contributed by atoms with E-state index in [1.165, 1.54) is 25.7 Å². The number of nitrogens with two attached hydrogens (primary N) is 1. The Morgan fingerprint density at radius 1 is 1.29 bits per heavy atom. The van der Waals surface area contributed by atoms with E-state index < -0.39 is 6.04 Å². The number of carbonyl (C=O) groups excluding carboxylic acids is 1. The normalized spacial score (nSPS) is 27.6. The summed E-state index contributed by atoms with van der Waals surface area (Å²) in [5, 5.41) is 3.01. The zero-order valence-corrected chi connectivity index (χ0v) is 11.8. The lowest BCUT2D eigenvalue weighted by Gasteiger charge is -2.29. The number of hydrogen-bond acceptors (Lipinski definition) is 2. The molecule has 0 radical (unpaired) electrons. The van der Waals surface area contributed by atoms with E-state index >= 15 is 0 Å². The molecule has 0 aromatic carbocycles. The summed E-state index contributed by atoms with van der Waals surface area (Å²) in [6.07, 6.45) is 5.08. The van der Waals surface area contributed by atoms with Gasteiger partial charge in [-0.3, -0.25) is 4.79 Å². The Balaban J connectivity index is 2.29. The summed E-state index contributed by atoms with van der Waals surface area (Å²) >= 11 is 0. The molecule has 0 aromatic heterocycles. The molecule has 0 saturated heterocycles. The average molecular weight is 240 g/mol. The van der Waals surface area contributed by atoms with Crippen LogP contribution < -0.4 is 11.1 Å². The van der Waals surface area contributed by atoms with Gasteiger partial charge in [0.15, 0.2) is 0 Å². The molecule has 1 saturated carbocycles. The first-order chi connectivity index (χ1) is 7.80. The van der Waals surface area contributed by atoms with Crippen LogP contribution in [0.2, 0.25) is 0 Å². The standard InChI is InChI=1S/C14H28N2O/c1-10-5-7-11(8-6-10)9-16-13(17)12(15)14(2,3)4/h10-12H,5-9,15H2,1-4H3,(H,16,17). The van der Waals surface area contributed by atoms with Gasteiger partial charge in [0.2, 0.25) is 5.91 Å². The number of hydrogen-bond donors (Lipinski definition) is 2. The highest BCUT2D eigenvalue weighted by atomic mass is 16.2. The number of carbonyl (C=O) groups is 1. The zero-order valence-electron chi connectivity index (χ0n) is 11.8. The van der Waals surface area contributed by atoms with E-state index in [1.54, 1.807) is 0 Å². The highest BCUT2D eigenvalue weighted by Gasteiger charge is 2.28. The Bertz CT molecular complexity index is 249. The van der Waals surface area contributed by atoms with Crippen molar-refractivity contribution in [2.24, 2.45) is 23.0 Å². The molecule has 1 aliphatic rings. The van der Waals surface area contributed by atoms with Crippen LogP contribution in [0.1, 0.15) is 53.4 Å². The second-order valence-electron chi connectivity index (χ2n) is 6.71. The second-order valence-corrected chi connectivity index (χ2v) is 6.71. The molecule has 1 rings (SSSR count). The fourth-order valence-corrected chi connectivity index (χ4v) is 2.28. The summed E-state index contributed by atoms with van der Waals surface area (Å²) in [7, 11) is 0. The fourth-order valence-electron chi connectivity index (χ4n) is 2.28. The Morgan fingerprint density at radius 2 is 1.82 bits per heavy atom.